The molecule has 0 aliphatic rings. The molecule has 0 bridgehead atoms. The summed E-state index contributed by atoms with van der Waals surface area (Å²) in [5.41, 5.74) is -1.60. The normalized spacial score (nSPS) is 10.0. The lowest BCUT2D eigenvalue weighted by atomic mass is 10.3. The SMILES string of the molecule is CCc1[nH]c(=O)[nH]c(=O)c1F. The van der Waals surface area contributed by atoms with E-state index < -0.39 is 17.1 Å². The standard InChI is InChI=1S/C6H7FN2O2/c1-2-3-4(7)5(10)9-6(11)8-3/h2H2,1H3,(H2,8,9,10,11). The highest BCUT2D eigenvalue weighted by Gasteiger charge is 2.04. The Balaban J connectivity index is 3.49. The molecule has 0 fully saturated rings. The van der Waals surface area contributed by atoms with Gasteiger partial charge in [0.15, 0.2) is 0 Å². The van der Waals surface area contributed by atoms with Gasteiger partial charge in [-0.15, -0.1) is 0 Å². The molecule has 0 amide bonds. The average molecular weight is 158 g/mol. The first kappa shape index (κ1) is 7.71. The molecule has 5 heteroatoms. The van der Waals surface area contributed by atoms with Gasteiger partial charge in [0, 0.05) is 0 Å². The number of aryl methyl sites for hydroxylation is 1. The second-order valence-corrected chi connectivity index (χ2v) is 2.05. The van der Waals surface area contributed by atoms with Gasteiger partial charge in [-0.25, -0.2) is 4.79 Å². The molecule has 0 atom stereocenters. The van der Waals surface area contributed by atoms with Crippen LogP contribution in [0.3, 0.4) is 0 Å². The molecule has 1 aromatic heterocycles. The van der Waals surface area contributed by atoms with Crippen molar-refractivity contribution in [1.82, 2.24) is 9.97 Å². The summed E-state index contributed by atoms with van der Waals surface area (Å²) in [5.74, 6) is -0.910. The molecule has 0 radical (unpaired) electrons. The Kier molecular flexibility index (Phi) is 1.89. The number of aromatic nitrogens is 2. The number of hydrogen-bond acceptors (Lipinski definition) is 2. The number of H-pyrrole nitrogens is 2. The Bertz CT molecular complexity index is 366. The molecular weight excluding hydrogens is 151 g/mol. The number of halogens is 1. The number of aromatic amines is 2. The van der Waals surface area contributed by atoms with Crippen LogP contribution in [-0.2, 0) is 6.42 Å². The smallest absolute Gasteiger partial charge is 0.308 e. The van der Waals surface area contributed by atoms with E-state index in [0.717, 1.165) is 0 Å². The van der Waals surface area contributed by atoms with Gasteiger partial charge in [0.05, 0.1) is 5.69 Å². The summed E-state index contributed by atoms with van der Waals surface area (Å²) in [4.78, 5) is 25.1. The lowest BCUT2D eigenvalue weighted by molar-refractivity contribution is 0.576. The molecule has 4 nitrogen and oxygen atoms in total. The lowest BCUT2D eigenvalue weighted by Crippen LogP contribution is -2.27. The summed E-state index contributed by atoms with van der Waals surface area (Å²) in [7, 11) is 0. The molecule has 1 rings (SSSR count). The minimum Gasteiger partial charge on any atom is -0.308 e. The van der Waals surface area contributed by atoms with Crippen LogP contribution in [0.5, 0.6) is 0 Å². The monoisotopic (exact) mass is 158 g/mol. The first-order valence-electron chi connectivity index (χ1n) is 3.16. The summed E-state index contributed by atoms with van der Waals surface area (Å²) in [6, 6.07) is 0. The van der Waals surface area contributed by atoms with Crippen molar-refractivity contribution in [3.05, 3.63) is 32.3 Å². The van der Waals surface area contributed by atoms with Crippen molar-refractivity contribution in [1.29, 1.82) is 0 Å². The van der Waals surface area contributed by atoms with Crippen molar-refractivity contribution in [2.75, 3.05) is 0 Å². The Labute approximate surface area is 61.1 Å². The van der Waals surface area contributed by atoms with Crippen LogP contribution >= 0.6 is 0 Å². The van der Waals surface area contributed by atoms with Gasteiger partial charge in [-0.3, -0.25) is 9.78 Å². The molecule has 0 unspecified atom stereocenters. The molecule has 2 N–H and O–H groups in total. The fourth-order valence-electron chi connectivity index (χ4n) is 0.762. The van der Waals surface area contributed by atoms with E-state index in [1.165, 1.54) is 0 Å². The largest absolute Gasteiger partial charge is 0.326 e. The van der Waals surface area contributed by atoms with Crippen molar-refractivity contribution in [2.24, 2.45) is 0 Å². The highest BCUT2D eigenvalue weighted by Crippen LogP contribution is 1.93. The first-order valence-corrected chi connectivity index (χ1v) is 3.16. The van der Waals surface area contributed by atoms with E-state index in [-0.39, 0.29) is 5.69 Å². The van der Waals surface area contributed by atoms with E-state index >= 15 is 0 Å². The maximum absolute atomic E-state index is 12.7. The second-order valence-electron chi connectivity index (χ2n) is 2.05. The van der Waals surface area contributed by atoms with Gasteiger partial charge in [-0.2, -0.15) is 4.39 Å². The van der Waals surface area contributed by atoms with Gasteiger partial charge >= 0.3 is 5.69 Å². The fourth-order valence-corrected chi connectivity index (χ4v) is 0.762. The van der Waals surface area contributed by atoms with Crippen LogP contribution in [-0.4, -0.2) is 9.97 Å². The highest BCUT2D eigenvalue weighted by molar-refractivity contribution is 5.01. The zero-order valence-corrected chi connectivity index (χ0v) is 5.90. The average Bonchev–Trinajstić information content (AvgIpc) is 1.96. The quantitative estimate of drug-likeness (QED) is 0.592. The Morgan fingerprint density at radius 2 is 2.00 bits per heavy atom. The van der Waals surface area contributed by atoms with Crippen LogP contribution in [0.4, 0.5) is 4.39 Å². The van der Waals surface area contributed by atoms with Gasteiger partial charge < -0.3 is 4.98 Å². The Morgan fingerprint density at radius 1 is 1.36 bits per heavy atom. The van der Waals surface area contributed by atoms with E-state index in [1.54, 1.807) is 11.9 Å². The van der Waals surface area contributed by atoms with Crippen molar-refractivity contribution in [3.63, 3.8) is 0 Å². The van der Waals surface area contributed by atoms with Crippen LogP contribution in [0.15, 0.2) is 9.59 Å². The van der Waals surface area contributed by atoms with Crippen LogP contribution in [0.25, 0.3) is 0 Å². The zero-order valence-electron chi connectivity index (χ0n) is 5.90. The molecule has 0 aromatic carbocycles. The lowest BCUT2D eigenvalue weighted by Gasteiger charge is -1.94. The third-order valence-electron chi connectivity index (χ3n) is 1.31. The van der Waals surface area contributed by atoms with E-state index in [9.17, 15) is 14.0 Å². The van der Waals surface area contributed by atoms with Gasteiger partial charge in [0.25, 0.3) is 5.56 Å². The van der Waals surface area contributed by atoms with Gasteiger partial charge in [-0.05, 0) is 6.42 Å². The Morgan fingerprint density at radius 3 is 2.55 bits per heavy atom. The fraction of sp³-hybridized carbons (Fsp3) is 0.333. The van der Waals surface area contributed by atoms with Gasteiger partial charge in [-0.1, -0.05) is 6.92 Å². The molecule has 0 saturated carbocycles. The summed E-state index contributed by atoms with van der Waals surface area (Å²) in [6.45, 7) is 1.65. The van der Waals surface area contributed by atoms with Crippen molar-refractivity contribution < 1.29 is 4.39 Å². The number of rotatable bonds is 1. The van der Waals surface area contributed by atoms with E-state index in [1.807, 2.05) is 0 Å². The van der Waals surface area contributed by atoms with Crippen LogP contribution < -0.4 is 11.2 Å². The molecule has 1 aromatic rings. The second kappa shape index (κ2) is 2.69. The van der Waals surface area contributed by atoms with E-state index in [0.29, 0.717) is 6.42 Å². The van der Waals surface area contributed by atoms with E-state index in [2.05, 4.69) is 4.98 Å². The van der Waals surface area contributed by atoms with Crippen LogP contribution in [0, 0.1) is 5.82 Å². The molecule has 0 aliphatic carbocycles. The summed E-state index contributed by atoms with van der Waals surface area (Å²) < 4.78 is 12.7. The van der Waals surface area contributed by atoms with Crippen molar-refractivity contribution >= 4 is 0 Å². The minimum absolute atomic E-state index is 0.0405. The minimum atomic E-state index is -0.967. The maximum Gasteiger partial charge on any atom is 0.326 e. The van der Waals surface area contributed by atoms with E-state index in [4.69, 9.17) is 0 Å². The number of nitrogens with one attached hydrogen (secondary N) is 2. The number of hydrogen-bond donors (Lipinski definition) is 2. The third kappa shape index (κ3) is 1.36. The predicted octanol–water partition coefficient (Wildman–Crippen LogP) is -0.235. The molecule has 0 aliphatic heterocycles. The summed E-state index contributed by atoms with van der Waals surface area (Å²) in [6.07, 6.45) is 0.297. The molecule has 1 heterocycles. The zero-order chi connectivity index (χ0) is 8.43. The third-order valence-corrected chi connectivity index (χ3v) is 1.31. The van der Waals surface area contributed by atoms with Crippen molar-refractivity contribution in [3.8, 4) is 0 Å². The molecule has 0 spiro atoms. The van der Waals surface area contributed by atoms with Crippen LogP contribution in [0.1, 0.15) is 12.6 Å². The molecule has 0 saturated heterocycles. The topological polar surface area (TPSA) is 65.7 Å². The highest BCUT2D eigenvalue weighted by atomic mass is 19.1. The van der Waals surface area contributed by atoms with Crippen LogP contribution in [0.2, 0.25) is 0 Å². The molecular formula is C6H7FN2O2. The predicted molar refractivity (Wildman–Crippen MR) is 37.0 cm³/mol. The first-order chi connectivity index (χ1) is 5.15. The molecule has 11 heavy (non-hydrogen) atoms. The summed E-state index contributed by atoms with van der Waals surface area (Å²) in [5, 5.41) is 0. The van der Waals surface area contributed by atoms with Crippen molar-refractivity contribution in [2.45, 2.75) is 13.3 Å². The Hall–Kier alpha value is -1.39. The van der Waals surface area contributed by atoms with Gasteiger partial charge in [0.2, 0.25) is 5.82 Å². The molecule has 60 valence electrons. The maximum atomic E-state index is 12.7. The van der Waals surface area contributed by atoms with Gasteiger partial charge in [0.1, 0.15) is 0 Å². The summed E-state index contributed by atoms with van der Waals surface area (Å²) >= 11 is 0.